The van der Waals surface area contributed by atoms with E-state index in [0.29, 0.717) is 24.3 Å². The number of aliphatic carboxylic acids is 1. The summed E-state index contributed by atoms with van der Waals surface area (Å²) < 4.78 is 10.4. The molecular weight excluding hydrogens is 274 g/mol. The number of hydrogen-bond acceptors (Lipinski definition) is 4. The molecule has 1 fully saturated rings. The highest BCUT2D eigenvalue weighted by molar-refractivity contribution is 5.86. The molecule has 2 rings (SSSR count). The van der Waals surface area contributed by atoms with Crippen molar-refractivity contribution in [3.8, 4) is 11.5 Å². The fraction of sp³-hybridized carbons (Fsp3) is 0.467. The van der Waals surface area contributed by atoms with Gasteiger partial charge >= 0.3 is 5.97 Å². The van der Waals surface area contributed by atoms with E-state index in [2.05, 4.69) is 5.32 Å². The van der Waals surface area contributed by atoms with Gasteiger partial charge in [0.15, 0.2) is 0 Å². The van der Waals surface area contributed by atoms with Crippen molar-refractivity contribution in [2.45, 2.75) is 19.4 Å². The second-order valence-electron chi connectivity index (χ2n) is 5.02. The monoisotopic (exact) mass is 293 g/mol. The molecule has 6 heteroatoms. The number of carbonyl (C=O) groups excluding carboxylic acids is 1. The Labute approximate surface area is 123 Å². The highest BCUT2D eigenvalue weighted by Crippen LogP contribution is 2.34. The topological polar surface area (TPSA) is 84.9 Å². The Balaban J connectivity index is 1.99. The van der Waals surface area contributed by atoms with Crippen LogP contribution in [0, 0.1) is 11.8 Å². The number of benzene rings is 1. The molecule has 1 aliphatic rings. The number of hydrogen-bond donors (Lipinski definition) is 2. The Morgan fingerprint density at radius 3 is 2.48 bits per heavy atom. The third-order valence-corrected chi connectivity index (χ3v) is 3.87. The van der Waals surface area contributed by atoms with Crippen molar-refractivity contribution in [1.29, 1.82) is 0 Å². The van der Waals surface area contributed by atoms with Crippen molar-refractivity contribution in [3.63, 3.8) is 0 Å². The SMILES string of the molecule is COc1ccc(OC)c(CNC(=O)C2CCC2C(=O)O)c1. The smallest absolute Gasteiger partial charge is 0.307 e. The minimum Gasteiger partial charge on any atom is -0.497 e. The lowest BCUT2D eigenvalue weighted by atomic mass is 9.73. The highest BCUT2D eigenvalue weighted by atomic mass is 16.5. The number of methoxy groups -OCH3 is 2. The number of nitrogens with one attached hydrogen (secondary N) is 1. The number of amides is 1. The summed E-state index contributed by atoms with van der Waals surface area (Å²) in [5.41, 5.74) is 0.788. The Kier molecular flexibility index (Phi) is 4.67. The number of ether oxygens (including phenoxy) is 2. The maximum absolute atomic E-state index is 12.0. The van der Waals surface area contributed by atoms with E-state index in [-0.39, 0.29) is 12.5 Å². The van der Waals surface area contributed by atoms with Crippen molar-refractivity contribution in [1.82, 2.24) is 5.32 Å². The summed E-state index contributed by atoms with van der Waals surface area (Å²) in [6.07, 6.45) is 1.19. The summed E-state index contributed by atoms with van der Waals surface area (Å²) in [4.78, 5) is 23.0. The molecule has 0 spiro atoms. The van der Waals surface area contributed by atoms with Gasteiger partial charge in [0.25, 0.3) is 0 Å². The quantitative estimate of drug-likeness (QED) is 0.829. The van der Waals surface area contributed by atoms with E-state index in [0.717, 1.165) is 5.56 Å². The average Bonchev–Trinajstić information content (AvgIpc) is 2.42. The van der Waals surface area contributed by atoms with Gasteiger partial charge < -0.3 is 19.9 Å². The van der Waals surface area contributed by atoms with E-state index in [1.807, 2.05) is 0 Å². The first-order valence-electron chi connectivity index (χ1n) is 6.78. The van der Waals surface area contributed by atoms with Crippen LogP contribution < -0.4 is 14.8 Å². The lowest BCUT2D eigenvalue weighted by Crippen LogP contribution is -2.43. The van der Waals surface area contributed by atoms with Gasteiger partial charge in [0.1, 0.15) is 11.5 Å². The highest BCUT2D eigenvalue weighted by Gasteiger charge is 2.41. The molecule has 1 amide bonds. The fourth-order valence-corrected chi connectivity index (χ4v) is 2.44. The van der Waals surface area contributed by atoms with Gasteiger partial charge in [-0.25, -0.2) is 0 Å². The number of carbonyl (C=O) groups is 2. The van der Waals surface area contributed by atoms with Crippen molar-refractivity contribution in [2.24, 2.45) is 11.8 Å². The predicted octanol–water partition coefficient (Wildman–Crippen LogP) is 1.43. The fourth-order valence-electron chi connectivity index (χ4n) is 2.44. The van der Waals surface area contributed by atoms with Crippen molar-refractivity contribution >= 4 is 11.9 Å². The zero-order valence-corrected chi connectivity index (χ0v) is 12.1. The van der Waals surface area contributed by atoms with Crippen LogP contribution in [0.4, 0.5) is 0 Å². The van der Waals surface area contributed by atoms with Crippen LogP contribution >= 0.6 is 0 Å². The first kappa shape index (κ1) is 15.2. The van der Waals surface area contributed by atoms with Crippen molar-refractivity contribution in [3.05, 3.63) is 23.8 Å². The lowest BCUT2D eigenvalue weighted by Gasteiger charge is -2.32. The molecule has 0 heterocycles. The molecule has 6 nitrogen and oxygen atoms in total. The Morgan fingerprint density at radius 1 is 1.24 bits per heavy atom. The first-order valence-corrected chi connectivity index (χ1v) is 6.78. The molecule has 0 aromatic heterocycles. The maximum Gasteiger partial charge on any atom is 0.307 e. The minimum absolute atomic E-state index is 0.224. The molecular formula is C15H19NO5. The summed E-state index contributed by atoms with van der Waals surface area (Å²) >= 11 is 0. The van der Waals surface area contributed by atoms with Crippen LogP contribution in [0.15, 0.2) is 18.2 Å². The van der Waals surface area contributed by atoms with Crippen LogP contribution in [0.25, 0.3) is 0 Å². The summed E-state index contributed by atoms with van der Waals surface area (Å²) in [6.45, 7) is 0.280. The molecule has 0 bridgehead atoms. The zero-order chi connectivity index (χ0) is 15.4. The third kappa shape index (κ3) is 3.26. The van der Waals surface area contributed by atoms with Crippen molar-refractivity contribution in [2.75, 3.05) is 14.2 Å². The van der Waals surface area contributed by atoms with E-state index < -0.39 is 17.8 Å². The van der Waals surface area contributed by atoms with Gasteiger partial charge in [-0.3, -0.25) is 9.59 Å². The summed E-state index contributed by atoms with van der Waals surface area (Å²) in [5, 5.41) is 11.7. The Morgan fingerprint density at radius 2 is 1.95 bits per heavy atom. The van der Waals surface area contributed by atoms with Crippen LogP contribution in [-0.2, 0) is 16.1 Å². The molecule has 21 heavy (non-hydrogen) atoms. The second-order valence-corrected chi connectivity index (χ2v) is 5.02. The Bertz CT molecular complexity index is 543. The number of carboxylic acids is 1. The molecule has 114 valence electrons. The normalized spacial score (nSPS) is 20.3. The van der Waals surface area contributed by atoms with Gasteiger partial charge in [0.05, 0.1) is 26.1 Å². The van der Waals surface area contributed by atoms with E-state index in [4.69, 9.17) is 14.6 Å². The van der Waals surface area contributed by atoms with Gasteiger partial charge in [-0.15, -0.1) is 0 Å². The van der Waals surface area contributed by atoms with Gasteiger partial charge in [-0.1, -0.05) is 0 Å². The van der Waals surface area contributed by atoms with E-state index in [1.54, 1.807) is 32.4 Å². The van der Waals surface area contributed by atoms with Gasteiger partial charge in [0.2, 0.25) is 5.91 Å². The molecule has 0 radical (unpaired) electrons. The maximum atomic E-state index is 12.0. The number of carboxylic acid groups (broad SMARTS) is 1. The average molecular weight is 293 g/mol. The summed E-state index contributed by atoms with van der Waals surface area (Å²) in [7, 11) is 3.12. The standard InChI is InChI=1S/C15H19NO5/c1-20-10-3-6-13(21-2)9(7-10)8-16-14(17)11-4-5-12(11)15(18)19/h3,6-7,11-12H,4-5,8H2,1-2H3,(H,16,17)(H,18,19). The van der Waals surface area contributed by atoms with Gasteiger partial charge in [-0.05, 0) is 31.0 Å². The van der Waals surface area contributed by atoms with Crippen LogP contribution in [0.5, 0.6) is 11.5 Å². The lowest BCUT2D eigenvalue weighted by molar-refractivity contribution is -0.152. The molecule has 1 saturated carbocycles. The molecule has 2 N–H and O–H groups in total. The first-order chi connectivity index (χ1) is 10.1. The van der Waals surface area contributed by atoms with Crippen LogP contribution in [0.2, 0.25) is 0 Å². The second kappa shape index (κ2) is 6.47. The molecule has 1 aliphatic carbocycles. The van der Waals surface area contributed by atoms with E-state index >= 15 is 0 Å². The minimum atomic E-state index is -0.902. The van der Waals surface area contributed by atoms with Crippen LogP contribution in [0.3, 0.4) is 0 Å². The molecule has 1 aromatic rings. The van der Waals surface area contributed by atoms with E-state index in [1.165, 1.54) is 0 Å². The van der Waals surface area contributed by atoms with Crippen LogP contribution in [-0.4, -0.2) is 31.2 Å². The van der Waals surface area contributed by atoms with Gasteiger partial charge in [-0.2, -0.15) is 0 Å². The largest absolute Gasteiger partial charge is 0.497 e. The Hall–Kier alpha value is -2.24. The summed E-state index contributed by atoms with van der Waals surface area (Å²) in [6, 6.07) is 5.33. The third-order valence-electron chi connectivity index (χ3n) is 3.87. The van der Waals surface area contributed by atoms with Crippen molar-refractivity contribution < 1.29 is 24.2 Å². The number of rotatable bonds is 6. The molecule has 0 saturated heterocycles. The molecule has 0 aliphatic heterocycles. The van der Waals surface area contributed by atoms with E-state index in [9.17, 15) is 9.59 Å². The van der Waals surface area contributed by atoms with Crippen LogP contribution in [0.1, 0.15) is 18.4 Å². The molecule has 2 atom stereocenters. The predicted molar refractivity (Wildman–Crippen MR) is 75.2 cm³/mol. The summed E-state index contributed by atoms with van der Waals surface area (Å²) in [5.74, 6) is -0.790. The molecule has 1 aromatic carbocycles. The zero-order valence-electron chi connectivity index (χ0n) is 12.1. The molecule has 2 unspecified atom stereocenters. The van der Waals surface area contributed by atoms with Gasteiger partial charge in [0, 0.05) is 12.1 Å².